The third kappa shape index (κ3) is 3.63. The summed E-state index contributed by atoms with van der Waals surface area (Å²) in [6.07, 6.45) is 2.70. The molecule has 1 fully saturated rings. The second-order valence-corrected chi connectivity index (χ2v) is 4.40. The van der Waals surface area contributed by atoms with Crippen molar-refractivity contribution in [3.8, 4) is 0 Å². The largest absolute Gasteiger partial charge is 0.378 e. The topological polar surface area (TPSA) is 24.5 Å². The van der Waals surface area contributed by atoms with Gasteiger partial charge in [0.1, 0.15) is 0 Å². The molecule has 3 heteroatoms. The second kappa shape index (κ2) is 4.94. The summed E-state index contributed by atoms with van der Waals surface area (Å²) in [5, 5.41) is 2.04. The Bertz CT molecular complexity index is 148. The van der Waals surface area contributed by atoms with Crippen molar-refractivity contribution >= 4 is 0 Å². The van der Waals surface area contributed by atoms with E-state index in [0.717, 1.165) is 19.4 Å². The molecule has 0 bridgehead atoms. The Labute approximate surface area is 81.4 Å². The average Bonchev–Trinajstić information content (AvgIpc) is 2.03. The van der Waals surface area contributed by atoms with Crippen LogP contribution in [0.1, 0.15) is 26.7 Å². The van der Waals surface area contributed by atoms with E-state index in [1.165, 1.54) is 0 Å². The Morgan fingerprint density at radius 2 is 2.08 bits per heavy atom. The fourth-order valence-electron chi connectivity index (χ4n) is 1.78. The molecule has 0 radical (unpaired) electrons. The molecule has 2 atom stereocenters. The fourth-order valence-corrected chi connectivity index (χ4v) is 1.78. The Hall–Kier alpha value is -0.120. The van der Waals surface area contributed by atoms with Crippen molar-refractivity contribution in [3.63, 3.8) is 0 Å². The number of rotatable bonds is 3. The summed E-state index contributed by atoms with van der Waals surface area (Å²) in [6, 6.07) is 0.594. The van der Waals surface area contributed by atoms with Crippen LogP contribution in [0.5, 0.6) is 0 Å². The van der Waals surface area contributed by atoms with Gasteiger partial charge in [-0.1, -0.05) is 13.8 Å². The molecular formula is C10H22N2O. The summed E-state index contributed by atoms with van der Waals surface area (Å²) in [6.45, 7) is 5.35. The van der Waals surface area contributed by atoms with Crippen molar-refractivity contribution in [2.24, 2.45) is 5.92 Å². The smallest absolute Gasteiger partial charge is 0.0613 e. The van der Waals surface area contributed by atoms with Crippen LogP contribution in [0.3, 0.4) is 0 Å². The molecule has 0 aromatic carbocycles. The number of hydrogen-bond donors (Lipinski definition) is 1. The molecular weight excluding hydrogens is 164 g/mol. The van der Waals surface area contributed by atoms with Gasteiger partial charge in [0, 0.05) is 26.7 Å². The van der Waals surface area contributed by atoms with Gasteiger partial charge in [-0.25, -0.2) is 0 Å². The Morgan fingerprint density at radius 3 is 2.62 bits per heavy atom. The maximum Gasteiger partial charge on any atom is 0.0613 e. The summed E-state index contributed by atoms with van der Waals surface area (Å²) < 4.78 is 5.69. The summed E-state index contributed by atoms with van der Waals surface area (Å²) >= 11 is 0. The number of hydrazine groups is 1. The monoisotopic (exact) mass is 186 g/mol. The third-order valence-corrected chi connectivity index (χ3v) is 2.50. The van der Waals surface area contributed by atoms with Crippen molar-refractivity contribution in [1.29, 1.82) is 0 Å². The Morgan fingerprint density at radius 1 is 1.38 bits per heavy atom. The van der Waals surface area contributed by atoms with E-state index >= 15 is 0 Å². The van der Waals surface area contributed by atoms with Crippen molar-refractivity contribution in [2.45, 2.75) is 38.8 Å². The molecule has 2 unspecified atom stereocenters. The minimum Gasteiger partial charge on any atom is -0.378 e. The van der Waals surface area contributed by atoms with Crippen molar-refractivity contribution in [3.05, 3.63) is 0 Å². The quantitative estimate of drug-likeness (QED) is 0.671. The minimum atomic E-state index is 0.436. The van der Waals surface area contributed by atoms with Crippen molar-refractivity contribution < 1.29 is 4.74 Å². The van der Waals surface area contributed by atoms with E-state index in [2.05, 4.69) is 19.3 Å². The van der Waals surface area contributed by atoms with Crippen molar-refractivity contribution in [1.82, 2.24) is 10.4 Å². The van der Waals surface area contributed by atoms with Crippen LogP contribution in [-0.2, 0) is 4.74 Å². The molecule has 13 heavy (non-hydrogen) atoms. The summed E-state index contributed by atoms with van der Waals surface area (Å²) in [7, 11) is 4.08. The van der Waals surface area contributed by atoms with Gasteiger partial charge in [-0.2, -0.15) is 0 Å². The molecule has 0 aliphatic carbocycles. The van der Waals surface area contributed by atoms with Gasteiger partial charge in [0.15, 0.2) is 0 Å². The molecule has 1 aliphatic rings. The number of ether oxygens (including phenoxy) is 1. The predicted octanol–water partition coefficient (Wildman–Crippen LogP) is 1.26. The van der Waals surface area contributed by atoms with E-state index in [1.807, 2.05) is 19.1 Å². The zero-order chi connectivity index (χ0) is 9.84. The van der Waals surface area contributed by atoms with Gasteiger partial charge in [0.05, 0.1) is 6.10 Å². The molecule has 1 rings (SSSR count). The zero-order valence-corrected chi connectivity index (χ0v) is 9.21. The van der Waals surface area contributed by atoms with Crippen LogP contribution in [0.25, 0.3) is 0 Å². The first kappa shape index (κ1) is 11.0. The van der Waals surface area contributed by atoms with Gasteiger partial charge in [0.2, 0.25) is 0 Å². The highest BCUT2D eigenvalue weighted by Crippen LogP contribution is 2.19. The zero-order valence-electron chi connectivity index (χ0n) is 9.21. The van der Waals surface area contributed by atoms with Gasteiger partial charge in [-0.3, -0.25) is 10.4 Å². The maximum atomic E-state index is 5.69. The van der Waals surface area contributed by atoms with Gasteiger partial charge in [-0.15, -0.1) is 0 Å². The molecule has 1 saturated heterocycles. The molecule has 1 heterocycles. The van der Waals surface area contributed by atoms with E-state index in [-0.39, 0.29) is 0 Å². The van der Waals surface area contributed by atoms with E-state index < -0.39 is 0 Å². The first-order valence-corrected chi connectivity index (χ1v) is 5.14. The average molecular weight is 186 g/mol. The van der Waals surface area contributed by atoms with E-state index in [9.17, 15) is 0 Å². The van der Waals surface area contributed by atoms with Gasteiger partial charge in [0.25, 0.3) is 0 Å². The van der Waals surface area contributed by atoms with Crippen molar-refractivity contribution in [2.75, 3.05) is 20.7 Å². The molecule has 3 nitrogen and oxygen atoms in total. The van der Waals surface area contributed by atoms with Gasteiger partial charge in [-0.05, 0) is 18.8 Å². The minimum absolute atomic E-state index is 0.436. The second-order valence-electron chi connectivity index (χ2n) is 4.40. The molecule has 0 aromatic rings. The predicted molar refractivity (Wildman–Crippen MR) is 54.4 cm³/mol. The van der Waals surface area contributed by atoms with E-state index in [4.69, 9.17) is 4.74 Å². The highest BCUT2D eigenvalue weighted by atomic mass is 16.5. The van der Waals surface area contributed by atoms with Crippen LogP contribution in [0.4, 0.5) is 0 Å². The molecule has 0 saturated carbocycles. The SMILES string of the molecule is CC(C)C1CC(NN(C)C)CCO1. The molecule has 1 N–H and O–H groups in total. The number of nitrogens with zero attached hydrogens (tertiary/aromatic N) is 1. The van der Waals surface area contributed by atoms with E-state index in [1.54, 1.807) is 0 Å². The lowest BCUT2D eigenvalue weighted by molar-refractivity contribution is -0.0333. The Balaban J connectivity index is 2.33. The Kier molecular flexibility index (Phi) is 4.16. The molecule has 0 aromatic heterocycles. The van der Waals surface area contributed by atoms with Crippen LogP contribution in [-0.4, -0.2) is 37.9 Å². The number of nitrogens with one attached hydrogen (secondary N) is 1. The molecule has 78 valence electrons. The fraction of sp³-hybridized carbons (Fsp3) is 1.00. The molecule has 0 amide bonds. The van der Waals surface area contributed by atoms with E-state index in [0.29, 0.717) is 18.1 Å². The lowest BCUT2D eigenvalue weighted by atomic mass is 9.96. The van der Waals surface area contributed by atoms with Crippen LogP contribution >= 0.6 is 0 Å². The normalized spacial score (nSPS) is 30.0. The summed E-state index contributed by atoms with van der Waals surface area (Å²) in [5.41, 5.74) is 3.42. The van der Waals surface area contributed by atoms with Gasteiger partial charge < -0.3 is 4.74 Å². The standard InChI is InChI=1S/C10H22N2O/c1-8(2)10-7-9(5-6-13-10)11-12(3)4/h8-11H,5-7H2,1-4H3. The van der Waals surface area contributed by atoms with Crippen LogP contribution in [0, 0.1) is 5.92 Å². The lowest BCUT2D eigenvalue weighted by Crippen LogP contribution is -2.46. The first-order chi connectivity index (χ1) is 6.09. The molecule has 0 spiro atoms. The maximum absolute atomic E-state index is 5.69. The van der Waals surface area contributed by atoms with Crippen LogP contribution in [0.15, 0.2) is 0 Å². The number of hydrogen-bond acceptors (Lipinski definition) is 3. The van der Waals surface area contributed by atoms with Crippen LogP contribution in [0.2, 0.25) is 0 Å². The third-order valence-electron chi connectivity index (χ3n) is 2.50. The first-order valence-electron chi connectivity index (χ1n) is 5.14. The summed E-state index contributed by atoms with van der Waals surface area (Å²) in [5.74, 6) is 0.631. The van der Waals surface area contributed by atoms with Gasteiger partial charge >= 0.3 is 0 Å². The lowest BCUT2D eigenvalue weighted by Gasteiger charge is -2.33. The highest BCUT2D eigenvalue weighted by Gasteiger charge is 2.24. The highest BCUT2D eigenvalue weighted by molar-refractivity contribution is 4.77. The van der Waals surface area contributed by atoms with Crippen LogP contribution < -0.4 is 5.43 Å². The molecule has 1 aliphatic heterocycles. The summed E-state index contributed by atoms with van der Waals surface area (Å²) in [4.78, 5) is 0.